The van der Waals surface area contributed by atoms with Crippen molar-refractivity contribution in [1.82, 2.24) is 9.88 Å². The monoisotopic (exact) mass is 437 g/mol. The molecule has 6 nitrogen and oxygen atoms in total. The zero-order valence-corrected chi connectivity index (χ0v) is 18.5. The highest BCUT2D eigenvalue weighted by atomic mass is 32.1. The standard InChI is InChI=1S/C24H27N3O3S/c1-18-2-8-22(9-3-18)30-16-24-26-21(17-31-24)14-23(28)25-20-6-4-19(5-7-20)15-27-10-12-29-13-11-27/h2-9,17H,10-16H2,1H3,(H,25,28). The molecule has 1 aromatic heterocycles. The van der Waals surface area contributed by atoms with Crippen LogP contribution in [0.15, 0.2) is 53.9 Å². The van der Waals surface area contributed by atoms with Gasteiger partial charge in [-0.15, -0.1) is 11.3 Å². The van der Waals surface area contributed by atoms with Crippen molar-refractivity contribution in [2.45, 2.75) is 26.5 Å². The van der Waals surface area contributed by atoms with Gasteiger partial charge in [0.2, 0.25) is 5.91 Å². The number of hydrogen-bond acceptors (Lipinski definition) is 6. The molecule has 1 aliphatic rings. The maximum atomic E-state index is 12.4. The highest BCUT2D eigenvalue weighted by Gasteiger charge is 2.12. The van der Waals surface area contributed by atoms with Gasteiger partial charge in [-0.3, -0.25) is 9.69 Å². The Kier molecular flexibility index (Phi) is 7.30. The van der Waals surface area contributed by atoms with Crippen molar-refractivity contribution >= 4 is 22.9 Å². The molecule has 1 aliphatic heterocycles. The van der Waals surface area contributed by atoms with Crippen LogP contribution in [0.25, 0.3) is 0 Å². The Morgan fingerprint density at radius 1 is 1.13 bits per heavy atom. The predicted molar refractivity (Wildman–Crippen MR) is 122 cm³/mol. The lowest BCUT2D eigenvalue weighted by molar-refractivity contribution is -0.115. The van der Waals surface area contributed by atoms with Crippen LogP contribution in [0.5, 0.6) is 5.75 Å². The van der Waals surface area contributed by atoms with E-state index in [-0.39, 0.29) is 12.3 Å². The molecule has 3 aromatic rings. The highest BCUT2D eigenvalue weighted by Crippen LogP contribution is 2.17. The Morgan fingerprint density at radius 2 is 1.87 bits per heavy atom. The van der Waals surface area contributed by atoms with Gasteiger partial charge in [0.1, 0.15) is 17.4 Å². The fraction of sp³-hybridized carbons (Fsp3) is 0.333. The largest absolute Gasteiger partial charge is 0.486 e. The SMILES string of the molecule is Cc1ccc(OCc2nc(CC(=O)Nc3ccc(CN4CCOCC4)cc3)cs2)cc1. The first-order chi connectivity index (χ1) is 15.1. The number of anilines is 1. The molecule has 31 heavy (non-hydrogen) atoms. The number of rotatable bonds is 8. The van der Waals surface area contributed by atoms with E-state index in [0.29, 0.717) is 6.61 Å². The molecule has 0 saturated carbocycles. The summed E-state index contributed by atoms with van der Waals surface area (Å²) < 4.78 is 11.2. The van der Waals surface area contributed by atoms with Crippen LogP contribution in [-0.4, -0.2) is 42.1 Å². The van der Waals surface area contributed by atoms with Crippen LogP contribution in [0.1, 0.15) is 21.8 Å². The first-order valence-electron chi connectivity index (χ1n) is 10.5. The molecule has 1 fully saturated rings. The van der Waals surface area contributed by atoms with E-state index in [9.17, 15) is 4.79 Å². The summed E-state index contributed by atoms with van der Waals surface area (Å²) in [5, 5.41) is 5.73. The average molecular weight is 438 g/mol. The Balaban J connectivity index is 1.23. The average Bonchev–Trinajstić information content (AvgIpc) is 3.22. The fourth-order valence-electron chi connectivity index (χ4n) is 3.36. The summed E-state index contributed by atoms with van der Waals surface area (Å²) in [4.78, 5) is 19.3. The maximum Gasteiger partial charge on any atom is 0.230 e. The van der Waals surface area contributed by atoms with Crippen molar-refractivity contribution in [3.63, 3.8) is 0 Å². The number of amides is 1. The smallest absolute Gasteiger partial charge is 0.230 e. The van der Waals surface area contributed by atoms with E-state index in [1.54, 1.807) is 0 Å². The summed E-state index contributed by atoms with van der Waals surface area (Å²) in [6.45, 7) is 6.87. The summed E-state index contributed by atoms with van der Waals surface area (Å²) in [6, 6.07) is 16.0. The third-order valence-electron chi connectivity index (χ3n) is 5.07. The van der Waals surface area contributed by atoms with Gasteiger partial charge in [0.15, 0.2) is 0 Å². The van der Waals surface area contributed by atoms with E-state index < -0.39 is 0 Å². The van der Waals surface area contributed by atoms with E-state index in [1.165, 1.54) is 22.5 Å². The molecular weight excluding hydrogens is 410 g/mol. The number of aryl methyl sites for hydroxylation is 1. The lowest BCUT2D eigenvalue weighted by Crippen LogP contribution is -2.35. The Hall–Kier alpha value is -2.74. The van der Waals surface area contributed by atoms with Gasteiger partial charge in [0.05, 0.1) is 25.3 Å². The zero-order chi connectivity index (χ0) is 21.5. The third-order valence-corrected chi connectivity index (χ3v) is 5.94. The zero-order valence-electron chi connectivity index (χ0n) is 17.7. The van der Waals surface area contributed by atoms with Crippen molar-refractivity contribution in [3.8, 4) is 5.75 Å². The number of nitrogens with zero attached hydrogens (tertiary/aromatic N) is 2. The van der Waals surface area contributed by atoms with E-state index in [2.05, 4.69) is 27.3 Å². The van der Waals surface area contributed by atoms with Crippen molar-refractivity contribution in [1.29, 1.82) is 0 Å². The van der Waals surface area contributed by atoms with Crippen LogP contribution in [0.4, 0.5) is 5.69 Å². The molecule has 0 radical (unpaired) electrons. The van der Waals surface area contributed by atoms with Crippen LogP contribution >= 0.6 is 11.3 Å². The van der Waals surface area contributed by atoms with E-state index in [1.807, 2.05) is 48.7 Å². The normalized spacial score (nSPS) is 14.4. The number of hydrogen-bond donors (Lipinski definition) is 1. The molecule has 0 atom stereocenters. The number of thiazole rings is 1. The minimum absolute atomic E-state index is 0.0720. The third kappa shape index (κ3) is 6.62. The molecule has 162 valence electrons. The van der Waals surface area contributed by atoms with E-state index in [0.717, 1.165) is 55.0 Å². The summed E-state index contributed by atoms with van der Waals surface area (Å²) >= 11 is 1.51. The molecule has 1 saturated heterocycles. The van der Waals surface area contributed by atoms with Gasteiger partial charge < -0.3 is 14.8 Å². The van der Waals surface area contributed by atoms with Crippen LogP contribution in [-0.2, 0) is 29.1 Å². The molecule has 0 aliphatic carbocycles. The van der Waals surface area contributed by atoms with Gasteiger partial charge in [0.25, 0.3) is 0 Å². The van der Waals surface area contributed by atoms with Gasteiger partial charge >= 0.3 is 0 Å². The summed E-state index contributed by atoms with van der Waals surface area (Å²) in [5.41, 5.74) is 3.99. The summed E-state index contributed by atoms with van der Waals surface area (Å²) in [7, 11) is 0. The lowest BCUT2D eigenvalue weighted by atomic mass is 10.2. The number of ether oxygens (including phenoxy) is 2. The molecular formula is C24H27N3O3S. The maximum absolute atomic E-state index is 12.4. The topological polar surface area (TPSA) is 63.7 Å². The number of benzene rings is 2. The van der Waals surface area contributed by atoms with Gasteiger partial charge in [-0.2, -0.15) is 0 Å². The molecule has 2 aromatic carbocycles. The first kappa shape index (κ1) is 21.5. The second kappa shape index (κ2) is 10.5. The van der Waals surface area contributed by atoms with Crippen molar-refractivity contribution < 1.29 is 14.3 Å². The number of morpholine rings is 1. The Labute approximate surface area is 186 Å². The van der Waals surface area contributed by atoms with Crippen LogP contribution in [0.2, 0.25) is 0 Å². The van der Waals surface area contributed by atoms with Crippen LogP contribution < -0.4 is 10.1 Å². The molecule has 1 N–H and O–H groups in total. The molecule has 2 heterocycles. The van der Waals surface area contributed by atoms with Crippen molar-refractivity contribution in [3.05, 3.63) is 75.7 Å². The Morgan fingerprint density at radius 3 is 2.61 bits per heavy atom. The Bertz CT molecular complexity index is 980. The molecule has 4 rings (SSSR count). The van der Waals surface area contributed by atoms with Gasteiger partial charge in [-0.05, 0) is 36.8 Å². The molecule has 0 spiro atoms. The summed E-state index contributed by atoms with van der Waals surface area (Å²) in [6.07, 6.45) is 0.247. The van der Waals surface area contributed by atoms with Crippen molar-refractivity contribution in [2.75, 3.05) is 31.6 Å². The number of nitrogens with one attached hydrogen (secondary N) is 1. The van der Waals surface area contributed by atoms with Crippen LogP contribution in [0, 0.1) is 6.92 Å². The lowest BCUT2D eigenvalue weighted by Gasteiger charge is -2.26. The number of aromatic nitrogens is 1. The van der Waals surface area contributed by atoms with E-state index in [4.69, 9.17) is 9.47 Å². The summed E-state index contributed by atoms with van der Waals surface area (Å²) in [5.74, 6) is 0.745. The molecule has 0 unspecified atom stereocenters. The molecule has 0 bridgehead atoms. The quantitative estimate of drug-likeness (QED) is 0.576. The predicted octanol–water partition coefficient (Wildman–Crippen LogP) is 4.04. The van der Waals surface area contributed by atoms with E-state index >= 15 is 0 Å². The highest BCUT2D eigenvalue weighted by molar-refractivity contribution is 7.09. The van der Waals surface area contributed by atoms with Gasteiger partial charge in [-0.1, -0.05) is 29.8 Å². The van der Waals surface area contributed by atoms with Gasteiger partial charge in [0, 0.05) is 30.7 Å². The number of carbonyl (C=O) groups excluding carboxylic acids is 1. The molecule has 7 heteroatoms. The minimum atomic E-state index is -0.0720. The fourth-order valence-corrected chi connectivity index (χ4v) is 4.06. The second-order valence-electron chi connectivity index (χ2n) is 7.64. The van der Waals surface area contributed by atoms with Crippen molar-refractivity contribution in [2.24, 2.45) is 0 Å². The van der Waals surface area contributed by atoms with Crippen LogP contribution in [0.3, 0.4) is 0 Å². The number of carbonyl (C=O) groups is 1. The first-order valence-corrected chi connectivity index (χ1v) is 11.3. The molecule has 1 amide bonds. The second-order valence-corrected chi connectivity index (χ2v) is 8.59. The minimum Gasteiger partial charge on any atom is -0.486 e. The van der Waals surface area contributed by atoms with Gasteiger partial charge in [-0.25, -0.2) is 4.98 Å².